The SMILES string of the molecule is COC(=O)[C@@]1(C)CC[C@@]2(C)CC[C@]3(C)C(=CC(=O)[C@@H]4[C@]5(C)C(CC[C@]43C)C(C)(C)CC[C@@H]5O)C2C1. The summed E-state index contributed by atoms with van der Waals surface area (Å²) >= 11 is 0. The minimum absolute atomic E-state index is 0.0978. The molecule has 2 unspecified atom stereocenters. The van der Waals surface area contributed by atoms with E-state index in [9.17, 15) is 14.7 Å². The first-order valence-corrected chi connectivity index (χ1v) is 14.1. The van der Waals surface area contributed by atoms with Crippen LogP contribution in [0.2, 0.25) is 0 Å². The molecule has 0 bridgehead atoms. The van der Waals surface area contributed by atoms with Crippen molar-refractivity contribution >= 4 is 11.8 Å². The molecule has 4 nitrogen and oxygen atoms in total. The predicted molar refractivity (Wildman–Crippen MR) is 137 cm³/mol. The molecular weight excluding hydrogens is 436 g/mol. The normalized spacial score (nSPS) is 52.8. The number of rotatable bonds is 1. The lowest BCUT2D eigenvalue weighted by molar-refractivity contribution is -0.216. The highest BCUT2D eigenvalue weighted by Crippen LogP contribution is 2.75. The zero-order valence-electron chi connectivity index (χ0n) is 23.4. The molecule has 5 rings (SSSR count). The Balaban J connectivity index is 1.63. The van der Waals surface area contributed by atoms with Gasteiger partial charge in [0, 0.05) is 11.3 Å². The Kier molecular flexibility index (Phi) is 5.43. The van der Waals surface area contributed by atoms with Crippen molar-refractivity contribution < 1.29 is 19.4 Å². The van der Waals surface area contributed by atoms with Crippen LogP contribution in [-0.2, 0) is 14.3 Å². The van der Waals surface area contributed by atoms with E-state index in [1.807, 2.05) is 6.08 Å². The van der Waals surface area contributed by atoms with Crippen LogP contribution in [0.15, 0.2) is 11.6 Å². The molecule has 0 amide bonds. The fraction of sp³-hybridized carbons (Fsp3) is 0.871. The zero-order valence-corrected chi connectivity index (χ0v) is 23.4. The maximum absolute atomic E-state index is 14.3. The molecule has 1 N–H and O–H groups in total. The summed E-state index contributed by atoms with van der Waals surface area (Å²) in [4.78, 5) is 27.1. The van der Waals surface area contributed by atoms with Gasteiger partial charge in [0.2, 0.25) is 0 Å². The van der Waals surface area contributed by atoms with Gasteiger partial charge in [0.05, 0.1) is 18.6 Å². The number of aliphatic hydroxyl groups excluding tert-OH is 1. The van der Waals surface area contributed by atoms with Crippen LogP contribution in [0.4, 0.5) is 0 Å². The van der Waals surface area contributed by atoms with E-state index < -0.39 is 16.9 Å². The van der Waals surface area contributed by atoms with Gasteiger partial charge in [-0.05, 0) is 104 Å². The summed E-state index contributed by atoms with van der Waals surface area (Å²) in [6.45, 7) is 16.2. The molecule has 0 heterocycles. The third-order valence-corrected chi connectivity index (χ3v) is 13.2. The van der Waals surface area contributed by atoms with E-state index in [4.69, 9.17) is 4.74 Å². The van der Waals surface area contributed by atoms with Gasteiger partial charge in [-0.2, -0.15) is 0 Å². The highest BCUT2D eigenvalue weighted by Gasteiger charge is 2.71. The van der Waals surface area contributed by atoms with Gasteiger partial charge in [0.15, 0.2) is 5.78 Å². The molecule has 4 saturated carbocycles. The number of aliphatic hydroxyl groups is 1. The highest BCUT2D eigenvalue weighted by molar-refractivity contribution is 5.96. The second-order valence-corrected chi connectivity index (χ2v) is 15.1. The van der Waals surface area contributed by atoms with Gasteiger partial charge in [-0.3, -0.25) is 9.59 Å². The Morgan fingerprint density at radius 2 is 1.60 bits per heavy atom. The van der Waals surface area contributed by atoms with Crippen molar-refractivity contribution in [3.05, 3.63) is 11.6 Å². The summed E-state index contributed by atoms with van der Waals surface area (Å²) in [6.07, 6.45) is 10.3. The second-order valence-electron chi connectivity index (χ2n) is 15.1. The molecule has 0 aromatic rings. The van der Waals surface area contributed by atoms with Crippen molar-refractivity contribution in [2.45, 2.75) is 112 Å². The van der Waals surface area contributed by atoms with Crippen LogP contribution >= 0.6 is 0 Å². The molecule has 196 valence electrons. The first kappa shape index (κ1) is 25.5. The zero-order chi connectivity index (χ0) is 25.8. The molecule has 0 aromatic heterocycles. The number of allylic oxidation sites excluding steroid dienone is 2. The number of hydrogen-bond donors (Lipinski definition) is 1. The molecule has 4 heteroatoms. The van der Waals surface area contributed by atoms with Crippen LogP contribution in [0, 0.1) is 50.2 Å². The van der Waals surface area contributed by atoms with E-state index in [1.54, 1.807) is 0 Å². The Morgan fingerprint density at radius 1 is 0.943 bits per heavy atom. The van der Waals surface area contributed by atoms with Crippen molar-refractivity contribution in [1.82, 2.24) is 0 Å². The second kappa shape index (κ2) is 7.45. The Labute approximate surface area is 212 Å². The molecule has 0 aromatic carbocycles. The average Bonchev–Trinajstić information content (AvgIpc) is 2.78. The van der Waals surface area contributed by atoms with Crippen molar-refractivity contribution in [1.29, 1.82) is 0 Å². The Hall–Kier alpha value is -1.16. The number of fused-ring (bicyclic) bond motifs is 7. The monoisotopic (exact) mass is 484 g/mol. The summed E-state index contributed by atoms with van der Waals surface area (Å²) in [7, 11) is 1.50. The smallest absolute Gasteiger partial charge is 0.311 e. The third kappa shape index (κ3) is 3.07. The van der Waals surface area contributed by atoms with Crippen LogP contribution in [-0.4, -0.2) is 30.1 Å². The molecule has 5 aliphatic rings. The van der Waals surface area contributed by atoms with E-state index >= 15 is 0 Å². The van der Waals surface area contributed by atoms with Crippen molar-refractivity contribution in [2.24, 2.45) is 50.2 Å². The van der Waals surface area contributed by atoms with Gasteiger partial charge in [0.1, 0.15) is 0 Å². The number of ketones is 1. The van der Waals surface area contributed by atoms with Gasteiger partial charge in [-0.1, -0.05) is 47.1 Å². The summed E-state index contributed by atoms with van der Waals surface area (Å²) in [6, 6.07) is 0. The predicted octanol–water partition coefficient (Wildman–Crippen LogP) is 6.50. The Morgan fingerprint density at radius 3 is 2.26 bits per heavy atom. The minimum Gasteiger partial charge on any atom is -0.469 e. The minimum atomic E-state index is -0.494. The third-order valence-electron chi connectivity index (χ3n) is 13.2. The van der Waals surface area contributed by atoms with Crippen LogP contribution in [0.5, 0.6) is 0 Å². The first-order chi connectivity index (χ1) is 16.1. The number of hydrogen-bond acceptors (Lipinski definition) is 4. The lowest BCUT2D eigenvalue weighted by Gasteiger charge is -2.70. The Bertz CT molecular complexity index is 980. The van der Waals surface area contributed by atoms with E-state index in [2.05, 4.69) is 48.5 Å². The lowest BCUT2D eigenvalue weighted by atomic mass is 9.33. The molecule has 0 spiro atoms. The van der Waals surface area contributed by atoms with Crippen LogP contribution in [0.25, 0.3) is 0 Å². The molecular formula is C31H48O4. The molecule has 0 radical (unpaired) electrons. The molecule has 5 aliphatic carbocycles. The van der Waals surface area contributed by atoms with E-state index in [0.29, 0.717) is 5.92 Å². The topological polar surface area (TPSA) is 63.6 Å². The number of carbonyl (C=O) groups is 2. The van der Waals surface area contributed by atoms with Crippen molar-refractivity contribution in [3.63, 3.8) is 0 Å². The fourth-order valence-corrected chi connectivity index (χ4v) is 10.6. The largest absolute Gasteiger partial charge is 0.469 e. The van der Waals surface area contributed by atoms with Gasteiger partial charge in [-0.25, -0.2) is 0 Å². The summed E-state index contributed by atoms with van der Waals surface area (Å²) in [5, 5.41) is 11.5. The van der Waals surface area contributed by atoms with E-state index in [1.165, 1.54) is 12.7 Å². The first-order valence-electron chi connectivity index (χ1n) is 14.1. The summed E-state index contributed by atoms with van der Waals surface area (Å²) in [5.74, 6) is 0.541. The van der Waals surface area contributed by atoms with Crippen molar-refractivity contribution in [2.75, 3.05) is 7.11 Å². The molecule has 35 heavy (non-hydrogen) atoms. The number of carbonyl (C=O) groups excluding carboxylic acids is 2. The van der Waals surface area contributed by atoms with Crippen molar-refractivity contribution in [3.8, 4) is 0 Å². The van der Waals surface area contributed by atoms with Crippen LogP contribution in [0.1, 0.15) is 106 Å². The quantitative estimate of drug-likeness (QED) is 0.431. The molecule has 0 aliphatic heterocycles. The van der Waals surface area contributed by atoms with Crippen LogP contribution in [0.3, 0.4) is 0 Å². The summed E-state index contributed by atoms with van der Waals surface area (Å²) < 4.78 is 5.24. The number of methoxy groups -OCH3 is 1. The van der Waals surface area contributed by atoms with Gasteiger partial charge in [0.25, 0.3) is 0 Å². The number of esters is 1. The fourth-order valence-electron chi connectivity index (χ4n) is 10.6. The lowest BCUT2D eigenvalue weighted by Crippen LogP contribution is -2.68. The molecule has 0 saturated heterocycles. The molecule has 4 fully saturated rings. The van der Waals surface area contributed by atoms with E-state index in [0.717, 1.165) is 57.8 Å². The maximum atomic E-state index is 14.3. The van der Waals surface area contributed by atoms with E-state index in [-0.39, 0.29) is 45.2 Å². The van der Waals surface area contributed by atoms with Gasteiger partial charge in [-0.15, -0.1) is 0 Å². The number of ether oxygens (including phenoxy) is 1. The molecule has 9 atom stereocenters. The standard InChI is InChI=1S/C31H48O4/c1-26(2)11-10-23(33)31(7)22(26)9-12-30(6)24(31)21(32)17-19-20-18-28(4,25(34)35-8)14-13-27(20,3)15-16-29(19,30)5/h17,20,22-24,33H,9-16,18H2,1-8H3/t20?,22?,23-,24-,27-,28-,29+,30+,31+/m0/s1. The average molecular weight is 485 g/mol. The summed E-state index contributed by atoms with van der Waals surface area (Å²) in [5.41, 5.74) is 0.383. The highest BCUT2D eigenvalue weighted by atomic mass is 16.5. The maximum Gasteiger partial charge on any atom is 0.311 e. The van der Waals surface area contributed by atoms with Gasteiger partial charge >= 0.3 is 5.97 Å². The van der Waals surface area contributed by atoms with Crippen LogP contribution < -0.4 is 0 Å². The van der Waals surface area contributed by atoms with Gasteiger partial charge < -0.3 is 9.84 Å².